The summed E-state index contributed by atoms with van der Waals surface area (Å²) in [6.45, 7) is 2.56. The fraction of sp³-hybridized carbons (Fsp3) is 0.600. The highest BCUT2D eigenvalue weighted by Crippen LogP contribution is 2.22. The molecule has 21 heavy (non-hydrogen) atoms. The molecule has 1 aliphatic rings. The molecule has 0 aromatic carbocycles. The van der Waals surface area contributed by atoms with E-state index >= 15 is 0 Å². The summed E-state index contributed by atoms with van der Waals surface area (Å²) in [5.41, 5.74) is 0.410. The molecule has 0 radical (unpaired) electrons. The number of hydrogen-bond acceptors (Lipinski definition) is 4. The van der Waals surface area contributed by atoms with Crippen molar-refractivity contribution in [3.63, 3.8) is 0 Å². The Morgan fingerprint density at radius 3 is 3.05 bits per heavy atom. The van der Waals surface area contributed by atoms with Crippen LogP contribution >= 0.6 is 0 Å². The van der Waals surface area contributed by atoms with E-state index in [1.165, 1.54) is 12.5 Å². The van der Waals surface area contributed by atoms with Crippen LogP contribution in [0.3, 0.4) is 0 Å². The lowest BCUT2D eigenvalue weighted by molar-refractivity contribution is -0.133. The van der Waals surface area contributed by atoms with E-state index in [0.717, 1.165) is 25.8 Å². The number of furan rings is 1. The molecule has 2 rings (SSSR count). The van der Waals surface area contributed by atoms with Crippen molar-refractivity contribution in [3.05, 3.63) is 24.2 Å². The molecule has 0 spiro atoms. The Labute approximate surface area is 124 Å². The van der Waals surface area contributed by atoms with Gasteiger partial charge in [0.25, 0.3) is 5.91 Å². The van der Waals surface area contributed by atoms with E-state index < -0.39 is 6.04 Å². The molecule has 2 atom stereocenters. The summed E-state index contributed by atoms with van der Waals surface area (Å²) in [4.78, 5) is 26.2. The van der Waals surface area contributed by atoms with Gasteiger partial charge in [-0.15, -0.1) is 0 Å². The van der Waals surface area contributed by atoms with Crippen LogP contribution in [0.5, 0.6) is 0 Å². The third-order valence-corrected chi connectivity index (χ3v) is 3.86. The molecule has 0 bridgehead atoms. The number of carbonyl (C=O) groups excluding carboxylic acids is 2. The van der Waals surface area contributed by atoms with Crippen molar-refractivity contribution >= 4 is 11.8 Å². The molecule has 6 nitrogen and oxygen atoms in total. The maximum absolute atomic E-state index is 12.4. The summed E-state index contributed by atoms with van der Waals surface area (Å²) in [7, 11) is 0. The summed E-state index contributed by atoms with van der Waals surface area (Å²) in [5, 5.41) is 11.6. The van der Waals surface area contributed by atoms with Gasteiger partial charge in [0.15, 0.2) is 0 Å². The summed E-state index contributed by atoms with van der Waals surface area (Å²) in [6.07, 6.45) is 6.23. The number of nitrogens with one attached hydrogen (secondary N) is 1. The van der Waals surface area contributed by atoms with Crippen molar-refractivity contribution in [2.24, 2.45) is 0 Å². The first-order valence-electron chi connectivity index (χ1n) is 7.38. The van der Waals surface area contributed by atoms with Crippen LogP contribution in [0.4, 0.5) is 0 Å². The predicted molar refractivity (Wildman–Crippen MR) is 76.7 cm³/mol. The molecule has 6 heteroatoms. The van der Waals surface area contributed by atoms with E-state index in [0.29, 0.717) is 12.0 Å². The van der Waals surface area contributed by atoms with Crippen molar-refractivity contribution in [2.45, 2.75) is 44.7 Å². The molecular weight excluding hydrogens is 272 g/mol. The molecule has 0 aliphatic carbocycles. The maximum atomic E-state index is 12.4. The van der Waals surface area contributed by atoms with Gasteiger partial charge in [0, 0.05) is 19.2 Å². The van der Waals surface area contributed by atoms with Crippen LogP contribution in [0.2, 0.25) is 0 Å². The molecule has 1 fully saturated rings. The van der Waals surface area contributed by atoms with Gasteiger partial charge in [-0.05, 0) is 38.7 Å². The Balaban J connectivity index is 1.90. The number of amides is 2. The van der Waals surface area contributed by atoms with E-state index in [2.05, 4.69) is 5.32 Å². The summed E-state index contributed by atoms with van der Waals surface area (Å²) in [6, 6.07) is 1.17. The summed E-state index contributed by atoms with van der Waals surface area (Å²) in [5.74, 6) is -0.372. The molecule has 1 aliphatic heterocycles. The van der Waals surface area contributed by atoms with E-state index in [9.17, 15) is 9.59 Å². The lowest BCUT2D eigenvalue weighted by Gasteiger charge is -2.27. The first-order chi connectivity index (χ1) is 10.1. The first-order valence-corrected chi connectivity index (χ1v) is 7.38. The summed E-state index contributed by atoms with van der Waals surface area (Å²) < 4.78 is 4.86. The highest BCUT2D eigenvalue weighted by molar-refractivity contribution is 5.97. The van der Waals surface area contributed by atoms with E-state index in [4.69, 9.17) is 9.52 Å². The Morgan fingerprint density at radius 1 is 1.57 bits per heavy atom. The fourth-order valence-electron chi connectivity index (χ4n) is 2.74. The second-order valence-corrected chi connectivity index (χ2v) is 5.40. The monoisotopic (exact) mass is 294 g/mol. The van der Waals surface area contributed by atoms with Crippen LogP contribution in [0, 0.1) is 0 Å². The minimum Gasteiger partial charge on any atom is -0.472 e. The van der Waals surface area contributed by atoms with Crippen LogP contribution in [0.25, 0.3) is 0 Å². The number of rotatable bonds is 6. The lowest BCUT2D eigenvalue weighted by Crippen LogP contribution is -2.48. The van der Waals surface area contributed by atoms with Gasteiger partial charge in [0.05, 0.1) is 11.8 Å². The molecule has 116 valence electrons. The second-order valence-electron chi connectivity index (χ2n) is 5.40. The number of nitrogens with zero attached hydrogens (tertiary/aromatic N) is 1. The van der Waals surface area contributed by atoms with E-state index in [1.807, 2.05) is 4.90 Å². The van der Waals surface area contributed by atoms with Crippen LogP contribution < -0.4 is 5.32 Å². The largest absolute Gasteiger partial charge is 0.472 e. The number of aliphatic hydroxyl groups excluding tert-OH is 1. The van der Waals surface area contributed by atoms with E-state index in [-0.39, 0.29) is 24.5 Å². The molecule has 1 aromatic rings. The molecule has 1 saturated heterocycles. The topological polar surface area (TPSA) is 82.8 Å². The lowest BCUT2D eigenvalue weighted by atomic mass is 10.1. The zero-order valence-electron chi connectivity index (χ0n) is 12.2. The van der Waals surface area contributed by atoms with Crippen molar-refractivity contribution in [2.75, 3.05) is 13.2 Å². The maximum Gasteiger partial charge on any atom is 0.255 e. The highest BCUT2D eigenvalue weighted by Gasteiger charge is 2.31. The van der Waals surface area contributed by atoms with Crippen LogP contribution in [-0.2, 0) is 4.79 Å². The van der Waals surface area contributed by atoms with Crippen molar-refractivity contribution in [1.29, 1.82) is 0 Å². The quantitative estimate of drug-likeness (QED) is 0.825. The van der Waals surface area contributed by atoms with Gasteiger partial charge in [-0.25, -0.2) is 0 Å². The normalized spacial score (nSPS) is 19.5. The number of likely N-dealkylation sites (tertiary alicyclic amines) is 1. The number of aliphatic hydroxyl groups is 1. The number of hydrogen-bond donors (Lipinski definition) is 2. The molecule has 0 saturated carbocycles. The third-order valence-electron chi connectivity index (χ3n) is 3.86. The Bertz CT molecular complexity index is 472. The second kappa shape index (κ2) is 7.26. The molecule has 2 N–H and O–H groups in total. The van der Waals surface area contributed by atoms with Gasteiger partial charge in [-0.2, -0.15) is 0 Å². The molecular formula is C15H22N2O4. The number of carbonyl (C=O) groups is 2. The molecule has 2 unspecified atom stereocenters. The third kappa shape index (κ3) is 3.85. The average Bonchev–Trinajstić information content (AvgIpc) is 3.15. The van der Waals surface area contributed by atoms with Crippen LogP contribution in [0.1, 0.15) is 43.0 Å². The Hall–Kier alpha value is -1.82. The molecule has 2 heterocycles. The minimum atomic E-state index is -0.567. The van der Waals surface area contributed by atoms with Gasteiger partial charge in [0.1, 0.15) is 12.3 Å². The zero-order chi connectivity index (χ0) is 15.2. The Morgan fingerprint density at radius 2 is 2.38 bits per heavy atom. The first kappa shape index (κ1) is 15.6. The predicted octanol–water partition coefficient (Wildman–Crippen LogP) is 1.16. The van der Waals surface area contributed by atoms with Crippen molar-refractivity contribution in [1.82, 2.24) is 10.2 Å². The average molecular weight is 294 g/mol. The van der Waals surface area contributed by atoms with Gasteiger partial charge in [0.2, 0.25) is 5.91 Å². The Kier molecular flexibility index (Phi) is 5.38. The van der Waals surface area contributed by atoms with Crippen molar-refractivity contribution < 1.29 is 19.1 Å². The fourth-order valence-corrected chi connectivity index (χ4v) is 2.74. The smallest absolute Gasteiger partial charge is 0.255 e. The van der Waals surface area contributed by atoms with Gasteiger partial charge >= 0.3 is 0 Å². The van der Waals surface area contributed by atoms with Gasteiger partial charge in [-0.1, -0.05) is 0 Å². The SMILES string of the molecule is CC(NC(=O)c1ccoc1)C(=O)N1CCCC1CCCO. The zero-order valence-corrected chi connectivity index (χ0v) is 12.2. The highest BCUT2D eigenvalue weighted by atomic mass is 16.3. The van der Waals surface area contributed by atoms with E-state index in [1.54, 1.807) is 13.0 Å². The van der Waals surface area contributed by atoms with Gasteiger partial charge < -0.3 is 19.7 Å². The van der Waals surface area contributed by atoms with Gasteiger partial charge in [-0.3, -0.25) is 9.59 Å². The summed E-state index contributed by atoms with van der Waals surface area (Å²) >= 11 is 0. The van der Waals surface area contributed by atoms with Crippen LogP contribution in [0.15, 0.2) is 23.0 Å². The molecule has 1 aromatic heterocycles. The van der Waals surface area contributed by atoms with Crippen LogP contribution in [-0.4, -0.2) is 47.1 Å². The molecule has 2 amide bonds. The van der Waals surface area contributed by atoms with Crippen molar-refractivity contribution in [3.8, 4) is 0 Å². The minimum absolute atomic E-state index is 0.0627. The standard InChI is InChI=1S/C15H22N2O4/c1-11(16-14(19)12-6-9-21-10-12)15(20)17-7-2-4-13(17)5-3-8-18/h6,9-11,13,18H,2-5,7-8H2,1H3,(H,16,19).